The Kier molecular flexibility index (Phi) is 9.64. The third kappa shape index (κ3) is 6.42. The molecule has 2 aliphatic heterocycles. The van der Waals surface area contributed by atoms with E-state index in [4.69, 9.17) is 19.1 Å². The lowest BCUT2D eigenvalue weighted by molar-refractivity contribution is 0.0680. The molecule has 1 saturated heterocycles. The van der Waals surface area contributed by atoms with Crippen LogP contribution < -0.4 is 11.4 Å². The summed E-state index contributed by atoms with van der Waals surface area (Å²) in [7, 11) is -2.96. The minimum Gasteiger partial charge on any atom is -0.381 e. The fourth-order valence-corrected chi connectivity index (χ4v) is 11.7. The molecule has 6 heterocycles. The van der Waals surface area contributed by atoms with Gasteiger partial charge >= 0.3 is 11.4 Å². The maximum atomic E-state index is 15.4. The van der Waals surface area contributed by atoms with Gasteiger partial charge in [0, 0.05) is 59.5 Å². The van der Waals surface area contributed by atoms with Crippen LogP contribution in [0, 0.1) is 24.4 Å². The van der Waals surface area contributed by atoms with Crippen molar-refractivity contribution >= 4 is 37.1 Å². The molecule has 62 heavy (non-hydrogen) atoms. The fourth-order valence-electron chi connectivity index (χ4n) is 9.44. The number of carbonyl (C=O) groups is 1. The molecule has 320 valence electrons. The number of ether oxygens (including phenoxy) is 1. The number of hydrogen-bond acceptors (Lipinski definition) is 10. The molecular formula is C45H45FN8O6S2. The third-order valence-corrected chi connectivity index (χ3v) is 16.0. The lowest BCUT2D eigenvalue weighted by atomic mass is 9.88. The number of amides is 1. The Balaban J connectivity index is 1.10. The van der Waals surface area contributed by atoms with Crippen molar-refractivity contribution in [1.82, 2.24) is 34.0 Å². The number of thiophene rings is 1. The van der Waals surface area contributed by atoms with E-state index in [1.165, 1.54) is 26.0 Å². The summed E-state index contributed by atoms with van der Waals surface area (Å²) in [6, 6.07) is 15.9. The van der Waals surface area contributed by atoms with Crippen LogP contribution in [0.15, 0.2) is 86.0 Å². The van der Waals surface area contributed by atoms with Crippen LogP contribution in [0.4, 0.5) is 4.39 Å². The second-order valence-electron chi connectivity index (χ2n) is 16.7. The summed E-state index contributed by atoms with van der Waals surface area (Å²) in [6.07, 6.45) is 6.88. The number of rotatable bonds is 9. The van der Waals surface area contributed by atoms with Crippen molar-refractivity contribution in [3.8, 4) is 17.2 Å². The molecule has 2 atom stereocenters. The van der Waals surface area contributed by atoms with Crippen molar-refractivity contribution in [2.24, 2.45) is 0 Å². The molecule has 10 rings (SSSR count). The van der Waals surface area contributed by atoms with E-state index in [9.17, 15) is 13.8 Å². The molecule has 4 aromatic heterocycles. The van der Waals surface area contributed by atoms with Crippen LogP contribution in [-0.4, -0.2) is 69.6 Å². The van der Waals surface area contributed by atoms with E-state index in [1.807, 2.05) is 11.8 Å². The van der Waals surface area contributed by atoms with Crippen LogP contribution in [0.25, 0.3) is 27.3 Å². The summed E-state index contributed by atoms with van der Waals surface area (Å²) in [4.78, 5) is 47.8. The highest BCUT2D eigenvalue weighted by Crippen LogP contribution is 2.57. The summed E-state index contributed by atoms with van der Waals surface area (Å²) in [6.45, 7) is 8.78. The van der Waals surface area contributed by atoms with Crippen LogP contribution in [0.5, 0.6) is 0 Å². The minimum atomic E-state index is -2.96. The zero-order valence-corrected chi connectivity index (χ0v) is 36.3. The number of nitrogens with zero attached hydrogens (tertiary/aromatic N) is 6. The van der Waals surface area contributed by atoms with Crippen molar-refractivity contribution in [1.29, 1.82) is 4.78 Å². The number of halogens is 1. The van der Waals surface area contributed by atoms with Crippen molar-refractivity contribution in [3.05, 3.63) is 138 Å². The Bertz CT molecular complexity index is 3140. The second kappa shape index (κ2) is 14.9. The Labute approximate surface area is 359 Å². The first-order valence-electron chi connectivity index (χ1n) is 20.9. The van der Waals surface area contributed by atoms with Crippen LogP contribution in [0.1, 0.15) is 100 Å². The number of nitrogens with one attached hydrogen (secondary N) is 2. The summed E-state index contributed by atoms with van der Waals surface area (Å²) in [5.41, 5.74) is 4.24. The number of fused-ring (bicyclic) bond motifs is 2. The van der Waals surface area contributed by atoms with Gasteiger partial charge in [0.2, 0.25) is 0 Å². The van der Waals surface area contributed by atoms with E-state index < -0.39 is 32.6 Å². The van der Waals surface area contributed by atoms with Gasteiger partial charge < -0.3 is 9.64 Å². The van der Waals surface area contributed by atoms with E-state index >= 15 is 9.18 Å². The second-order valence-corrected chi connectivity index (χ2v) is 20.1. The van der Waals surface area contributed by atoms with Crippen molar-refractivity contribution < 1.29 is 22.7 Å². The van der Waals surface area contributed by atoms with Gasteiger partial charge in [0.25, 0.3) is 5.91 Å². The number of aryl methyl sites for hydroxylation is 2. The van der Waals surface area contributed by atoms with E-state index in [2.05, 4.69) is 28.3 Å². The summed E-state index contributed by atoms with van der Waals surface area (Å²) >= 11 is 1.45. The molecule has 1 aliphatic carbocycles. The number of carbonyl (C=O) groups excluding carboxylic acids is 1. The molecule has 1 saturated carbocycles. The van der Waals surface area contributed by atoms with E-state index in [0.29, 0.717) is 100 Å². The number of hydrogen-bond donors (Lipinski definition) is 2. The average molecular weight is 877 g/mol. The molecule has 0 radical (unpaired) electrons. The number of benzene rings is 3. The van der Waals surface area contributed by atoms with Gasteiger partial charge in [-0.2, -0.15) is 5.10 Å². The highest BCUT2D eigenvalue weighted by molar-refractivity contribution is 7.92. The molecule has 0 bridgehead atoms. The molecular weight excluding hydrogens is 832 g/mol. The number of imidazole rings is 1. The summed E-state index contributed by atoms with van der Waals surface area (Å²) in [5, 5.41) is 10.2. The van der Waals surface area contributed by atoms with Gasteiger partial charge in [-0.25, -0.2) is 27.6 Å². The Morgan fingerprint density at radius 1 is 1.02 bits per heavy atom. The van der Waals surface area contributed by atoms with Crippen LogP contribution in [0.2, 0.25) is 0 Å². The lowest BCUT2D eigenvalue weighted by Crippen LogP contribution is -2.39. The predicted octanol–water partition coefficient (Wildman–Crippen LogP) is 7.62. The van der Waals surface area contributed by atoms with Gasteiger partial charge in [0.15, 0.2) is 5.82 Å². The molecule has 17 heteroatoms. The molecule has 3 aliphatic rings. The normalized spacial score (nSPS) is 18.5. The largest absolute Gasteiger partial charge is 0.438 e. The molecule has 0 unspecified atom stereocenters. The molecule has 3 aromatic carbocycles. The van der Waals surface area contributed by atoms with Gasteiger partial charge in [-0.3, -0.25) is 23.4 Å². The first kappa shape index (κ1) is 40.2. The Hall–Kier alpha value is -5.91. The summed E-state index contributed by atoms with van der Waals surface area (Å²) in [5.74, 6) is 0.193. The zero-order chi connectivity index (χ0) is 43.2. The highest BCUT2D eigenvalue weighted by atomic mass is 32.2. The average Bonchev–Trinajstić information content (AvgIpc) is 3.56. The van der Waals surface area contributed by atoms with Crippen molar-refractivity contribution in [2.75, 3.05) is 25.5 Å². The molecule has 2 N–H and O–H groups in total. The molecule has 2 fully saturated rings. The first-order chi connectivity index (χ1) is 29.8. The van der Waals surface area contributed by atoms with Gasteiger partial charge in [-0.15, -0.1) is 11.3 Å². The topological polar surface area (TPSA) is 174 Å². The maximum absolute atomic E-state index is 15.4. The maximum Gasteiger partial charge on any atom is 0.438 e. The van der Waals surface area contributed by atoms with E-state index in [-0.39, 0.29) is 17.5 Å². The van der Waals surface area contributed by atoms with Gasteiger partial charge in [-0.05, 0) is 122 Å². The van der Waals surface area contributed by atoms with Gasteiger partial charge in [-0.1, -0.05) is 24.2 Å². The standard InChI is InChI=1S/C45H45FN8O6S2/c1-5-62(47,58)32-9-7-30(8-10-32)52-18-19-53(44(52)57)40-36-27(4)51(17-12-34(36)49-54(40)31-22-25(2)38(46)26(3)23-31)41(55)39-37(45(15-16-45)42-48-43(56)60-50-42)33-11-6-29(24-35(33)61-39)28-13-20-59-21-14-28/h6-11,18-19,22-24,27-28,47H,5,12-17,20-21H2,1-4H3,(H,48,50,56)/t27-,62+/m0/s1. The van der Waals surface area contributed by atoms with Crippen molar-refractivity contribution in [3.63, 3.8) is 0 Å². The zero-order valence-electron chi connectivity index (χ0n) is 34.7. The predicted molar refractivity (Wildman–Crippen MR) is 233 cm³/mol. The minimum absolute atomic E-state index is 0.170. The number of aromatic nitrogens is 6. The van der Waals surface area contributed by atoms with Gasteiger partial charge in [0.1, 0.15) is 11.6 Å². The van der Waals surface area contributed by atoms with Crippen molar-refractivity contribution in [2.45, 2.75) is 82.1 Å². The highest BCUT2D eigenvalue weighted by Gasteiger charge is 2.53. The smallest absolute Gasteiger partial charge is 0.381 e. The van der Waals surface area contributed by atoms with E-state index in [1.54, 1.807) is 74.2 Å². The number of aromatic amines is 1. The molecule has 14 nitrogen and oxygen atoms in total. The van der Waals surface area contributed by atoms with Gasteiger partial charge in [0.05, 0.1) is 43.1 Å². The third-order valence-electron chi connectivity index (χ3n) is 13.0. The quantitative estimate of drug-likeness (QED) is 0.149. The Morgan fingerprint density at radius 3 is 2.39 bits per heavy atom. The SMILES string of the molecule is CC[S@@](=N)(=O)c1ccc(-n2ccn(-c3c4c(nn3-c3cc(C)c(F)c(C)c3)CCN(C(=O)c3sc5cc(C6CCOCC6)ccc5c3C3(c5noc(=O)[nH]5)CC3)[C@H]4C)c2=O)cc1. The Morgan fingerprint density at radius 2 is 1.73 bits per heavy atom. The van der Waals surface area contributed by atoms with Crippen LogP contribution in [-0.2, 0) is 26.3 Å². The van der Waals surface area contributed by atoms with Crippen LogP contribution >= 0.6 is 11.3 Å². The monoisotopic (exact) mass is 876 g/mol. The number of H-pyrrole nitrogens is 1. The molecule has 7 aromatic rings. The first-order valence-corrected chi connectivity index (χ1v) is 23.4. The van der Waals surface area contributed by atoms with E-state index in [0.717, 1.165) is 28.5 Å². The summed E-state index contributed by atoms with van der Waals surface area (Å²) < 4.78 is 52.3. The van der Waals surface area contributed by atoms with Crippen LogP contribution in [0.3, 0.4) is 0 Å². The lowest BCUT2D eigenvalue weighted by Gasteiger charge is -2.34. The fraction of sp³-hybridized carbons (Fsp3) is 0.356. The molecule has 1 amide bonds. The molecule has 0 spiro atoms.